The summed E-state index contributed by atoms with van der Waals surface area (Å²) in [6, 6.07) is 63.8. The molecule has 0 saturated carbocycles. The Hall–Kier alpha value is -7.41. The Morgan fingerprint density at radius 3 is 1.86 bits per heavy atom. The van der Waals surface area contributed by atoms with Gasteiger partial charge >= 0.3 is 0 Å². The molecule has 0 bridgehead atoms. The zero-order chi connectivity index (χ0) is 37.5. The van der Waals surface area contributed by atoms with E-state index in [9.17, 15) is 0 Å². The first-order chi connectivity index (χ1) is 28.2. The van der Waals surface area contributed by atoms with Gasteiger partial charge in [-0.15, -0.1) is 0 Å². The number of hydrogen-bond acceptors (Lipinski definition) is 5. The number of benzene rings is 8. The van der Waals surface area contributed by atoms with Crippen LogP contribution in [0.4, 0.5) is 0 Å². The first-order valence-electron chi connectivity index (χ1n) is 19.4. The number of rotatable bonds is 5. The molecular weight excluding hydrogens is 701 g/mol. The summed E-state index contributed by atoms with van der Waals surface area (Å²) in [5, 5.41) is 14.1. The van der Waals surface area contributed by atoms with Gasteiger partial charge in [-0.2, -0.15) is 0 Å². The molecule has 6 nitrogen and oxygen atoms in total. The van der Waals surface area contributed by atoms with Crippen LogP contribution in [0.25, 0.3) is 82.5 Å². The lowest BCUT2D eigenvalue weighted by Gasteiger charge is -2.32. The van der Waals surface area contributed by atoms with E-state index in [0.717, 1.165) is 83.2 Å². The molecule has 1 aliphatic rings. The molecule has 11 aromatic rings. The van der Waals surface area contributed by atoms with Crippen LogP contribution < -0.4 is 10.6 Å². The van der Waals surface area contributed by atoms with Crippen molar-refractivity contribution < 1.29 is 8.83 Å². The van der Waals surface area contributed by atoms with Crippen LogP contribution in [0.1, 0.15) is 29.0 Å². The monoisotopic (exact) mass is 734 g/mol. The van der Waals surface area contributed by atoms with E-state index in [0.29, 0.717) is 0 Å². The van der Waals surface area contributed by atoms with Crippen molar-refractivity contribution in [1.82, 2.24) is 15.2 Å². The predicted octanol–water partition coefficient (Wildman–Crippen LogP) is 12.6. The molecule has 0 radical (unpaired) electrons. The second-order valence-corrected chi connectivity index (χ2v) is 14.8. The van der Waals surface area contributed by atoms with E-state index in [4.69, 9.17) is 13.8 Å². The Bertz CT molecular complexity index is 3320. The third-order valence-electron chi connectivity index (χ3n) is 11.5. The minimum Gasteiger partial charge on any atom is -0.456 e. The van der Waals surface area contributed by atoms with Crippen LogP contribution in [-0.4, -0.2) is 10.4 Å². The van der Waals surface area contributed by atoms with Crippen molar-refractivity contribution in [2.45, 2.75) is 12.3 Å². The maximum atomic E-state index is 6.70. The Balaban J connectivity index is 0.967. The van der Waals surface area contributed by atoms with Crippen molar-refractivity contribution in [3.05, 3.63) is 199 Å². The smallest absolute Gasteiger partial charge is 0.143 e. The van der Waals surface area contributed by atoms with Crippen LogP contribution in [0.2, 0.25) is 0 Å². The zero-order valence-corrected chi connectivity index (χ0v) is 30.7. The highest BCUT2D eigenvalue weighted by molar-refractivity contribution is 6.13. The fraction of sp³-hybridized carbons (Fsp3) is 0.0392. The fourth-order valence-corrected chi connectivity index (χ4v) is 8.83. The topological polar surface area (TPSA) is 67.6 Å². The van der Waals surface area contributed by atoms with E-state index in [1.54, 1.807) is 0 Å². The summed E-state index contributed by atoms with van der Waals surface area (Å²) in [6.45, 7) is 0. The summed E-state index contributed by atoms with van der Waals surface area (Å²) in [4.78, 5) is 5.21. The van der Waals surface area contributed by atoms with E-state index in [1.807, 2.05) is 24.3 Å². The molecule has 0 spiro atoms. The Labute approximate surface area is 327 Å². The lowest BCUT2D eigenvalue weighted by atomic mass is 9.99. The van der Waals surface area contributed by atoms with E-state index < -0.39 is 0 Å². The van der Waals surface area contributed by atoms with Crippen LogP contribution >= 0.6 is 0 Å². The second kappa shape index (κ2) is 12.6. The minimum absolute atomic E-state index is 0.141. The molecule has 270 valence electrons. The van der Waals surface area contributed by atoms with Crippen LogP contribution in [0.3, 0.4) is 0 Å². The molecule has 8 aromatic carbocycles. The molecule has 2 N–H and O–H groups in total. The van der Waals surface area contributed by atoms with Crippen LogP contribution in [0.15, 0.2) is 196 Å². The number of amidine groups is 1. The van der Waals surface area contributed by atoms with Gasteiger partial charge < -0.3 is 18.7 Å². The summed E-state index contributed by atoms with van der Waals surface area (Å²) in [7, 11) is 0. The molecule has 6 heteroatoms. The van der Waals surface area contributed by atoms with Gasteiger partial charge in [0.25, 0.3) is 0 Å². The van der Waals surface area contributed by atoms with E-state index in [2.05, 4.69) is 173 Å². The molecule has 2 atom stereocenters. The number of aliphatic imine (C=N–C) groups is 1. The van der Waals surface area contributed by atoms with E-state index in [1.165, 1.54) is 21.8 Å². The van der Waals surface area contributed by atoms with Gasteiger partial charge in [-0.1, -0.05) is 140 Å². The van der Waals surface area contributed by atoms with E-state index in [-0.39, 0.29) is 12.3 Å². The molecule has 0 fully saturated rings. The normalized spacial score (nSPS) is 15.9. The van der Waals surface area contributed by atoms with Gasteiger partial charge in [-0.05, 0) is 53.6 Å². The van der Waals surface area contributed by atoms with Gasteiger partial charge in [0.2, 0.25) is 0 Å². The number of nitrogens with zero attached hydrogens (tertiary/aromatic N) is 2. The highest BCUT2D eigenvalue weighted by atomic mass is 16.3. The number of hydrogen-bond donors (Lipinski definition) is 2. The first-order valence-corrected chi connectivity index (χ1v) is 19.4. The van der Waals surface area contributed by atoms with Crippen molar-refractivity contribution in [3.63, 3.8) is 0 Å². The van der Waals surface area contributed by atoms with Crippen LogP contribution in [0.5, 0.6) is 0 Å². The number of aromatic nitrogens is 1. The number of para-hydroxylation sites is 4. The average Bonchev–Trinajstić information content (AvgIpc) is 3.96. The summed E-state index contributed by atoms with van der Waals surface area (Å²) in [5.41, 5.74) is 12.1. The van der Waals surface area contributed by atoms with Gasteiger partial charge in [0.05, 0.1) is 11.0 Å². The summed E-state index contributed by atoms with van der Waals surface area (Å²) in [6.07, 6.45) is -0.482. The molecule has 3 aromatic heterocycles. The third kappa shape index (κ3) is 5.04. The van der Waals surface area contributed by atoms with Crippen molar-refractivity contribution in [2.24, 2.45) is 4.99 Å². The molecule has 0 aliphatic carbocycles. The largest absolute Gasteiger partial charge is 0.456 e. The van der Waals surface area contributed by atoms with Gasteiger partial charge in [0.1, 0.15) is 40.5 Å². The predicted molar refractivity (Wildman–Crippen MR) is 232 cm³/mol. The molecule has 1 aliphatic heterocycles. The first kappa shape index (κ1) is 31.9. The molecule has 0 amide bonds. The standard InChI is InChI=1S/C51H34N4O2/c1-3-13-31(14-4-1)49-52-50(32-15-5-2-6-16-32)54-51(53-49)40-22-12-21-38-41-29-33(25-27-45(41)57-48(38)40)35-19-11-20-39-42-30-34(26-28-46(42)56-47(35)39)55-43-23-9-7-17-36(43)37-18-8-10-24-44(37)55/h1-30,49,51,53H,(H,52,54). The highest BCUT2D eigenvalue weighted by Gasteiger charge is 2.28. The maximum Gasteiger partial charge on any atom is 0.143 e. The van der Waals surface area contributed by atoms with Crippen molar-refractivity contribution in [3.8, 4) is 16.8 Å². The SMILES string of the molecule is c1ccc(C2=NC(c3cccc4c3oc3ccc(-c5cccc6c5oc5ccc(-n7c8ccccc8c8ccccc87)cc56)cc34)NC(c3ccccc3)N2)cc1. The molecular formula is C51H34N4O2. The minimum atomic E-state index is -0.341. The molecule has 0 saturated heterocycles. The molecule has 2 unspecified atom stereocenters. The Kier molecular flexibility index (Phi) is 7.03. The molecule has 4 heterocycles. The average molecular weight is 735 g/mol. The van der Waals surface area contributed by atoms with Crippen LogP contribution in [0, 0.1) is 0 Å². The summed E-state index contributed by atoms with van der Waals surface area (Å²) < 4.78 is 15.8. The molecule has 57 heavy (non-hydrogen) atoms. The zero-order valence-electron chi connectivity index (χ0n) is 30.7. The highest BCUT2D eigenvalue weighted by Crippen LogP contribution is 2.41. The number of fused-ring (bicyclic) bond motifs is 9. The second-order valence-electron chi connectivity index (χ2n) is 14.8. The quantitative estimate of drug-likeness (QED) is 0.185. The Morgan fingerprint density at radius 1 is 0.474 bits per heavy atom. The van der Waals surface area contributed by atoms with Crippen molar-refractivity contribution in [2.75, 3.05) is 0 Å². The third-order valence-corrected chi connectivity index (χ3v) is 11.5. The fourth-order valence-electron chi connectivity index (χ4n) is 8.83. The molecule has 12 rings (SSSR count). The number of furan rings is 2. The number of nitrogens with one attached hydrogen (secondary N) is 2. The maximum absolute atomic E-state index is 6.70. The van der Waals surface area contributed by atoms with Gasteiger partial charge in [-0.3, -0.25) is 5.32 Å². The Morgan fingerprint density at radius 2 is 1.09 bits per heavy atom. The van der Waals surface area contributed by atoms with Gasteiger partial charge in [0.15, 0.2) is 0 Å². The lowest BCUT2D eigenvalue weighted by molar-refractivity contribution is 0.408. The van der Waals surface area contributed by atoms with Crippen LogP contribution in [-0.2, 0) is 0 Å². The van der Waals surface area contributed by atoms with Crippen molar-refractivity contribution in [1.29, 1.82) is 0 Å². The van der Waals surface area contributed by atoms with Gasteiger partial charge in [-0.25, -0.2) is 4.99 Å². The van der Waals surface area contributed by atoms with E-state index >= 15 is 0 Å². The van der Waals surface area contributed by atoms with Crippen molar-refractivity contribution >= 4 is 71.5 Å². The summed E-state index contributed by atoms with van der Waals surface area (Å²) >= 11 is 0. The lowest BCUT2D eigenvalue weighted by Crippen LogP contribution is -2.44. The van der Waals surface area contributed by atoms with Gasteiger partial charge in [0, 0.05) is 54.7 Å². The summed E-state index contributed by atoms with van der Waals surface area (Å²) in [5.74, 6) is 0.838.